The van der Waals surface area contributed by atoms with Gasteiger partial charge in [-0.15, -0.1) is 0 Å². The summed E-state index contributed by atoms with van der Waals surface area (Å²) in [7, 11) is 0. The van der Waals surface area contributed by atoms with E-state index >= 15 is 0 Å². The molecule has 0 aliphatic rings. The number of hydrogen-bond donors (Lipinski definition) is 1. The summed E-state index contributed by atoms with van der Waals surface area (Å²) in [5, 5.41) is 11.0. The van der Waals surface area contributed by atoms with Gasteiger partial charge in [0, 0.05) is 12.5 Å². The Morgan fingerprint density at radius 1 is 1.36 bits per heavy atom. The predicted molar refractivity (Wildman–Crippen MR) is 48.3 cm³/mol. The normalized spacial score (nSPS) is 12.6. The molecule has 4 nitrogen and oxygen atoms in total. The molecule has 0 radical (unpaired) electrons. The van der Waals surface area contributed by atoms with Crippen molar-refractivity contribution in [3.63, 3.8) is 0 Å². The van der Waals surface area contributed by atoms with E-state index in [-0.39, 0.29) is 11.6 Å². The maximum atomic E-state index is 7.22. The molecule has 2 rings (SSSR count). The molecular weight excluding hydrogens is 178 g/mol. The second-order valence-corrected chi connectivity index (χ2v) is 3.13. The summed E-state index contributed by atoms with van der Waals surface area (Å²) in [4.78, 5) is 0. The topological polar surface area (TPSA) is 55.0 Å². The molecule has 14 heavy (non-hydrogen) atoms. The third-order valence-corrected chi connectivity index (χ3v) is 2.16. The third-order valence-electron chi connectivity index (χ3n) is 2.16. The Morgan fingerprint density at radius 2 is 2.07 bits per heavy atom. The molecule has 72 valence electrons. The molecule has 1 N–H and O–H groups in total. The van der Waals surface area contributed by atoms with Gasteiger partial charge in [-0.25, -0.2) is 4.68 Å². The first-order valence-electron chi connectivity index (χ1n) is 4.42. The Labute approximate surface area is 81.3 Å². The number of nitrogens with one attached hydrogen (secondary N) is 1. The highest BCUT2D eigenvalue weighted by Crippen LogP contribution is 2.08. The van der Waals surface area contributed by atoms with Crippen molar-refractivity contribution in [2.45, 2.75) is 13.0 Å². The van der Waals surface area contributed by atoms with Crippen molar-refractivity contribution < 1.29 is 9.20 Å². The van der Waals surface area contributed by atoms with Gasteiger partial charge in [-0.2, -0.15) is 0 Å². The van der Waals surface area contributed by atoms with E-state index in [0.29, 0.717) is 0 Å². The van der Waals surface area contributed by atoms with Crippen LogP contribution in [0.4, 0.5) is 0 Å². The highest BCUT2D eigenvalue weighted by atomic mass is 16.5. The first-order valence-corrected chi connectivity index (χ1v) is 4.42. The average molecular weight is 189 g/mol. The molecule has 0 spiro atoms. The number of benzene rings is 1. The standard InChI is InChI=1S/C10H11N3O/c1-8(9-5-3-2-4-6-9)13-7-10(11)14-12-13/h2-8,11H,1H3. The smallest absolute Gasteiger partial charge is 0.264 e. The van der Waals surface area contributed by atoms with E-state index in [1.807, 2.05) is 37.3 Å². The van der Waals surface area contributed by atoms with Crippen LogP contribution < -0.4 is 15.5 Å². The van der Waals surface area contributed by atoms with Crippen LogP contribution in [-0.2, 0) is 0 Å². The largest absolute Gasteiger partial charge is 0.487 e. The van der Waals surface area contributed by atoms with Gasteiger partial charge in [0.1, 0.15) is 0 Å². The zero-order chi connectivity index (χ0) is 9.97. The fourth-order valence-electron chi connectivity index (χ4n) is 1.33. The first kappa shape index (κ1) is 8.74. The van der Waals surface area contributed by atoms with Gasteiger partial charge in [-0.05, 0) is 0 Å². The van der Waals surface area contributed by atoms with Gasteiger partial charge in [-0.3, -0.25) is 10.7 Å². The second kappa shape index (κ2) is 3.49. The third kappa shape index (κ3) is 1.59. The van der Waals surface area contributed by atoms with Crippen molar-refractivity contribution in [3.8, 4) is 0 Å². The lowest BCUT2D eigenvalue weighted by Gasteiger charge is -2.07. The van der Waals surface area contributed by atoms with Crippen molar-refractivity contribution in [3.05, 3.63) is 47.6 Å². The highest BCUT2D eigenvalue weighted by molar-refractivity contribution is 5.16. The van der Waals surface area contributed by atoms with E-state index in [0.717, 1.165) is 5.56 Å². The van der Waals surface area contributed by atoms with Crippen LogP contribution in [0.5, 0.6) is 0 Å². The van der Waals surface area contributed by atoms with Crippen LogP contribution >= 0.6 is 0 Å². The van der Waals surface area contributed by atoms with Crippen molar-refractivity contribution in [2.75, 3.05) is 0 Å². The second-order valence-electron chi connectivity index (χ2n) is 3.13. The Hall–Kier alpha value is -1.84. The molecular formula is C10H11N3O. The Morgan fingerprint density at radius 3 is 2.64 bits per heavy atom. The van der Waals surface area contributed by atoms with E-state index in [2.05, 4.69) is 9.79 Å². The molecule has 0 saturated heterocycles. The summed E-state index contributed by atoms with van der Waals surface area (Å²) in [5.74, 6) is 0. The fraction of sp³-hybridized carbons (Fsp3) is 0.200. The summed E-state index contributed by atoms with van der Waals surface area (Å²) < 4.78 is 6.32. The van der Waals surface area contributed by atoms with E-state index in [1.165, 1.54) is 0 Å². The van der Waals surface area contributed by atoms with Gasteiger partial charge in [0.25, 0.3) is 5.55 Å². The van der Waals surface area contributed by atoms with Crippen molar-refractivity contribution in [2.24, 2.45) is 0 Å². The molecule has 1 aromatic heterocycles. The summed E-state index contributed by atoms with van der Waals surface area (Å²) >= 11 is 0. The maximum Gasteiger partial charge on any atom is 0.264 e. The molecule has 0 saturated carbocycles. The number of hydrogen-bond acceptors (Lipinski definition) is 2. The molecule has 0 aliphatic carbocycles. The molecule has 1 heterocycles. The molecule has 0 fully saturated rings. The Balaban J connectivity index is 2.33. The van der Waals surface area contributed by atoms with Gasteiger partial charge < -0.3 is 4.52 Å². The minimum Gasteiger partial charge on any atom is -0.487 e. The lowest BCUT2D eigenvalue weighted by molar-refractivity contribution is -0.779. The van der Waals surface area contributed by atoms with Gasteiger partial charge in [-0.1, -0.05) is 30.3 Å². The monoisotopic (exact) mass is 189 g/mol. The van der Waals surface area contributed by atoms with Crippen LogP contribution in [0.2, 0.25) is 0 Å². The first-order chi connectivity index (χ1) is 6.77. The molecule has 1 atom stereocenters. The lowest BCUT2D eigenvalue weighted by atomic mass is 10.1. The molecule has 0 aliphatic heterocycles. The fourth-order valence-corrected chi connectivity index (χ4v) is 1.33. The molecule has 1 aromatic carbocycles. The molecule has 0 amide bonds. The summed E-state index contributed by atoms with van der Waals surface area (Å²) in [6.45, 7) is 2.01. The van der Waals surface area contributed by atoms with E-state index in [9.17, 15) is 0 Å². The van der Waals surface area contributed by atoms with Crippen LogP contribution in [0.25, 0.3) is 0 Å². The number of rotatable bonds is 2. The summed E-state index contributed by atoms with van der Waals surface area (Å²) in [5.41, 5.74) is 1.22. The molecule has 2 aromatic rings. The average Bonchev–Trinajstić information content (AvgIpc) is 2.65. The van der Waals surface area contributed by atoms with E-state index < -0.39 is 0 Å². The summed E-state index contributed by atoms with van der Waals surface area (Å²) in [6, 6.07) is 10.1. The molecule has 4 heteroatoms. The van der Waals surface area contributed by atoms with Crippen molar-refractivity contribution in [1.82, 2.24) is 5.27 Å². The zero-order valence-electron chi connectivity index (χ0n) is 7.84. The number of aromatic nitrogens is 2. The SMILES string of the molecule is CC(c1ccccc1)[n+]1cc(=N)o[n-]1. The van der Waals surface area contributed by atoms with Crippen molar-refractivity contribution in [1.29, 1.82) is 5.41 Å². The van der Waals surface area contributed by atoms with Crippen LogP contribution in [0.1, 0.15) is 18.5 Å². The summed E-state index contributed by atoms with van der Waals surface area (Å²) in [6.07, 6.45) is 1.57. The molecule has 0 bridgehead atoms. The minimum atomic E-state index is 0.0766. The lowest BCUT2D eigenvalue weighted by Crippen LogP contribution is -2.41. The maximum absolute atomic E-state index is 7.22. The minimum absolute atomic E-state index is 0.0766. The van der Waals surface area contributed by atoms with Crippen LogP contribution in [-0.4, -0.2) is 0 Å². The van der Waals surface area contributed by atoms with Gasteiger partial charge in [0.2, 0.25) is 6.20 Å². The molecule has 1 unspecified atom stereocenters. The van der Waals surface area contributed by atoms with Gasteiger partial charge in [0.05, 0.1) is 0 Å². The zero-order valence-corrected chi connectivity index (χ0v) is 7.84. The van der Waals surface area contributed by atoms with Gasteiger partial charge in [0.15, 0.2) is 6.04 Å². The Bertz CT molecular complexity index is 457. The van der Waals surface area contributed by atoms with Gasteiger partial charge >= 0.3 is 0 Å². The number of nitrogens with zero attached hydrogens (tertiary/aromatic N) is 2. The van der Waals surface area contributed by atoms with Crippen LogP contribution in [0.3, 0.4) is 0 Å². The van der Waals surface area contributed by atoms with E-state index in [4.69, 9.17) is 5.41 Å². The van der Waals surface area contributed by atoms with Crippen LogP contribution in [0, 0.1) is 5.41 Å². The Kier molecular flexibility index (Phi) is 2.18. The quantitative estimate of drug-likeness (QED) is 0.704. The van der Waals surface area contributed by atoms with E-state index in [1.54, 1.807) is 10.9 Å². The van der Waals surface area contributed by atoms with Crippen molar-refractivity contribution >= 4 is 0 Å². The van der Waals surface area contributed by atoms with Crippen LogP contribution in [0.15, 0.2) is 41.1 Å². The highest BCUT2D eigenvalue weighted by Gasteiger charge is 2.11. The predicted octanol–water partition coefficient (Wildman–Crippen LogP) is 0.613.